The molecular formula is C21H29N5O4S. The number of rotatable bonds is 7. The van der Waals surface area contributed by atoms with Crippen molar-refractivity contribution in [3.05, 3.63) is 47.9 Å². The normalized spacial score (nSPS) is 18.6. The zero-order valence-electron chi connectivity index (χ0n) is 17.7. The number of benzene rings is 1. The molecule has 1 aliphatic carbocycles. The number of piperazine rings is 1. The Morgan fingerprint density at radius 1 is 1.23 bits per heavy atom. The van der Waals surface area contributed by atoms with E-state index in [0.29, 0.717) is 44.5 Å². The summed E-state index contributed by atoms with van der Waals surface area (Å²) in [5.41, 5.74) is 1.51. The van der Waals surface area contributed by atoms with Gasteiger partial charge in [0.1, 0.15) is 17.8 Å². The molecule has 0 bridgehead atoms. The first-order valence-corrected chi connectivity index (χ1v) is 12.2. The fraction of sp³-hybridized carbons (Fsp3) is 0.524. The van der Waals surface area contributed by atoms with Crippen LogP contribution in [0.1, 0.15) is 30.5 Å². The predicted octanol–water partition coefficient (Wildman–Crippen LogP) is 1.83. The van der Waals surface area contributed by atoms with Crippen LogP contribution in [0.2, 0.25) is 0 Å². The molecule has 0 unspecified atom stereocenters. The van der Waals surface area contributed by atoms with Crippen molar-refractivity contribution in [1.29, 1.82) is 0 Å². The highest BCUT2D eigenvalue weighted by Crippen LogP contribution is 2.27. The number of guanidine groups is 1. The van der Waals surface area contributed by atoms with Crippen LogP contribution in [-0.2, 0) is 22.3 Å². The van der Waals surface area contributed by atoms with E-state index in [4.69, 9.17) is 9.26 Å². The maximum atomic E-state index is 12.6. The zero-order valence-corrected chi connectivity index (χ0v) is 18.6. The maximum Gasteiger partial charge on any atom is 0.220 e. The van der Waals surface area contributed by atoms with Crippen LogP contribution in [0.15, 0.2) is 46.1 Å². The number of sulfonamides is 1. The second kappa shape index (κ2) is 9.69. The Labute approximate surface area is 183 Å². The lowest BCUT2D eigenvalue weighted by atomic mass is 9.96. The van der Waals surface area contributed by atoms with Crippen LogP contribution in [0.4, 0.5) is 0 Å². The first-order chi connectivity index (χ1) is 15.0. The fourth-order valence-corrected chi connectivity index (χ4v) is 5.13. The Kier molecular flexibility index (Phi) is 6.77. The lowest BCUT2D eigenvalue weighted by Gasteiger charge is -2.35. The average Bonchev–Trinajstić information content (AvgIpc) is 3.24. The number of hydrogen-bond donors (Lipinski definition) is 1. The molecule has 0 radical (unpaired) electrons. The number of aliphatic imine (C=N–C) groups is 1. The van der Waals surface area contributed by atoms with Gasteiger partial charge in [-0.05, 0) is 25.3 Å². The van der Waals surface area contributed by atoms with E-state index in [1.165, 1.54) is 17.0 Å². The predicted molar refractivity (Wildman–Crippen MR) is 117 cm³/mol. The highest BCUT2D eigenvalue weighted by atomic mass is 32.2. The van der Waals surface area contributed by atoms with Crippen LogP contribution in [0.25, 0.3) is 0 Å². The van der Waals surface area contributed by atoms with E-state index in [1.54, 1.807) is 13.1 Å². The van der Waals surface area contributed by atoms with Crippen molar-refractivity contribution in [1.82, 2.24) is 19.7 Å². The molecule has 1 aromatic carbocycles. The second-order valence-corrected chi connectivity index (χ2v) is 9.78. The van der Waals surface area contributed by atoms with E-state index in [9.17, 15) is 8.42 Å². The number of nitrogens with one attached hydrogen (secondary N) is 1. The van der Waals surface area contributed by atoms with Crippen LogP contribution in [-0.4, -0.2) is 68.1 Å². The lowest BCUT2D eigenvalue weighted by molar-refractivity contribution is 0.119. The molecule has 2 fully saturated rings. The summed E-state index contributed by atoms with van der Waals surface area (Å²) < 4.78 is 37.6. The van der Waals surface area contributed by atoms with E-state index in [0.717, 1.165) is 30.1 Å². The standard InChI is InChI=1S/C21H29N5O4S/c1-22-21(23-15-17-5-2-3-8-20(17)30-19-6-4-7-19)25-10-12-26(13-11-25)31(27,28)16-18-9-14-29-24-18/h2-3,5,8-9,14,19H,4,6-7,10-13,15-16H2,1H3,(H,22,23). The van der Waals surface area contributed by atoms with Gasteiger partial charge in [0.15, 0.2) is 5.96 Å². The number of para-hydroxylation sites is 1. The number of nitrogens with zero attached hydrogens (tertiary/aromatic N) is 4. The van der Waals surface area contributed by atoms with Crippen LogP contribution < -0.4 is 10.1 Å². The van der Waals surface area contributed by atoms with Gasteiger partial charge in [-0.2, -0.15) is 4.31 Å². The van der Waals surface area contributed by atoms with Crippen molar-refractivity contribution >= 4 is 16.0 Å². The van der Waals surface area contributed by atoms with Crippen molar-refractivity contribution < 1.29 is 17.7 Å². The van der Waals surface area contributed by atoms with Crippen LogP contribution in [0, 0.1) is 0 Å². The Hall–Kier alpha value is -2.59. The van der Waals surface area contributed by atoms with Crippen molar-refractivity contribution in [2.45, 2.75) is 37.7 Å². The van der Waals surface area contributed by atoms with E-state index in [2.05, 4.69) is 26.4 Å². The Morgan fingerprint density at radius 2 is 2.00 bits per heavy atom. The van der Waals surface area contributed by atoms with Gasteiger partial charge in [0.05, 0.1) is 11.8 Å². The quantitative estimate of drug-likeness (QED) is 0.510. The Morgan fingerprint density at radius 3 is 2.65 bits per heavy atom. The third-order valence-electron chi connectivity index (χ3n) is 5.72. The molecule has 10 heteroatoms. The van der Waals surface area contributed by atoms with Gasteiger partial charge < -0.3 is 19.5 Å². The molecule has 168 valence electrons. The van der Waals surface area contributed by atoms with Gasteiger partial charge in [0.2, 0.25) is 10.0 Å². The monoisotopic (exact) mass is 447 g/mol. The van der Waals surface area contributed by atoms with Gasteiger partial charge in [0, 0.05) is 51.4 Å². The SMILES string of the molecule is CN=C(NCc1ccccc1OC1CCC1)N1CCN(S(=O)(=O)Cc2ccon2)CC1. The first-order valence-electron chi connectivity index (χ1n) is 10.6. The molecular weight excluding hydrogens is 418 g/mol. The summed E-state index contributed by atoms with van der Waals surface area (Å²) in [5.74, 6) is 1.53. The summed E-state index contributed by atoms with van der Waals surface area (Å²) >= 11 is 0. The van der Waals surface area contributed by atoms with Crippen molar-refractivity contribution in [3.63, 3.8) is 0 Å². The number of aromatic nitrogens is 1. The Balaban J connectivity index is 1.31. The Bertz CT molecular complexity index is 981. The average molecular weight is 448 g/mol. The van der Waals surface area contributed by atoms with Crippen LogP contribution >= 0.6 is 0 Å². The van der Waals surface area contributed by atoms with Gasteiger partial charge in [-0.15, -0.1) is 0 Å². The van der Waals surface area contributed by atoms with E-state index in [-0.39, 0.29) is 5.75 Å². The topological polar surface area (TPSA) is 100 Å². The maximum absolute atomic E-state index is 12.6. The van der Waals surface area contributed by atoms with Gasteiger partial charge >= 0.3 is 0 Å². The third kappa shape index (κ3) is 5.37. The van der Waals surface area contributed by atoms with Crippen molar-refractivity contribution in [3.8, 4) is 5.75 Å². The minimum Gasteiger partial charge on any atom is -0.490 e. The summed E-state index contributed by atoms with van der Waals surface area (Å²) in [4.78, 5) is 6.47. The number of hydrogen-bond acceptors (Lipinski definition) is 6. The molecule has 2 aromatic rings. The summed E-state index contributed by atoms with van der Waals surface area (Å²) in [6.07, 6.45) is 5.18. The fourth-order valence-electron chi connectivity index (χ4n) is 3.71. The highest BCUT2D eigenvalue weighted by Gasteiger charge is 2.29. The molecule has 4 rings (SSSR count). The van der Waals surface area contributed by atoms with Gasteiger partial charge in [0.25, 0.3) is 0 Å². The van der Waals surface area contributed by atoms with Gasteiger partial charge in [-0.3, -0.25) is 4.99 Å². The van der Waals surface area contributed by atoms with Crippen LogP contribution in [0.5, 0.6) is 5.75 Å². The van der Waals surface area contributed by atoms with E-state index >= 15 is 0 Å². The molecule has 1 N–H and O–H groups in total. The van der Waals surface area contributed by atoms with Crippen molar-refractivity contribution in [2.75, 3.05) is 33.2 Å². The summed E-state index contributed by atoms with van der Waals surface area (Å²) in [6.45, 7) is 2.54. The molecule has 9 nitrogen and oxygen atoms in total. The molecule has 0 atom stereocenters. The van der Waals surface area contributed by atoms with Crippen LogP contribution in [0.3, 0.4) is 0 Å². The molecule has 0 spiro atoms. The molecule has 2 aliphatic rings. The molecule has 1 saturated heterocycles. The molecule has 0 amide bonds. The summed E-state index contributed by atoms with van der Waals surface area (Å²) in [6, 6.07) is 9.64. The van der Waals surface area contributed by atoms with E-state index in [1.807, 2.05) is 18.2 Å². The zero-order chi connectivity index (χ0) is 21.7. The number of ether oxygens (including phenoxy) is 1. The third-order valence-corrected chi connectivity index (χ3v) is 7.53. The van der Waals surface area contributed by atoms with Gasteiger partial charge in [-0.25, -0.2) is 8.42 Å². The van der Waals surface area contributed by atoms with Crippen molar-refractivity contribution in [2.24, 2.45) is 4.99 Å². The first kappa shape index (κ1) is 21.6. The van der Waals surface area contributed by atoms with E-state index < -0.39 is 10.0 Å². The summed E-state index contributed by atoms with van der Waals surface area (Å²) in [5, 5.41) is 7.11. The molecule has 31 heavy (non-hydrogen) atoms. The minimum atomic E-state index is -3.42. The van der Waals surface area contributed by atoms with Gasteiger partial charge in [-0.1, -0.05) is 23.4 Å². The second-order valence-electron chi connectivity index (χ2n) is 7.81. The lowest BCUT2D eigenvalue weighted by Crippen LogP contribution is -2.53. The highest BCUT2D eigenvalue weighted by molar-refractivity contribution is 7.88. The molecule has 1 aliphatic heterocycles. The summed E-state index contributed by atoms with van der Waals surface area (Å²) in [7, 11) is -1.68. The minimum absolute atomic E-state index is 0.145. The molecule has 2 heterocycles. The molecule has 1 saturated carbocycles. The molecule has 1 aromatic heterocycles. The smallest absolute Gasteiger partial charge is 0.220 e. The largest absolute Gasteiger partial charge is 0.490 e.